The molecule has 0 atom stereocenters. The molecule has 0 saturated heterocycles. The average Bonchev–Trinajstić information content (AvgIpc) is 3.12. The van der Waals surface area contributed by atoms with Crippen LogP contribution < -0.4 is 10.0 Å². The van der Waals surface area contributed by atoms with Gasteiger partial charge in [-0.3, -0.25) is 4.72 Å². The van der Waals surface area contributed by atoms with Gasteiger partial charge in [0, 0.05) is 17.1 Å². The number of hydrogen-bond acceptors (Lipinski definition) is 5. The third kappa shape index (κ3) is 3.74. The number of thiophene rings is 1. The topological polar surface area (TPSA) is 82.0 Å². The van der Waals surface area contributed by atoms with Gasteiger partial charge in [0.25, 0.3) is 10.0 Å². The van der Waals surface area contributed by atoms with Crippen LogP contribution in [0, 0.1) is 11.3 Å². The van der Waals surface area contributed by atoms with Crippen molar-refractivity contribution in [2.45, 2.75) is 4.21 Å². The van der Waals surface area contributed by atoms with Crippen molar-refractivity contribution >= 4 is 38.4 Å². The summed E-state index contributed by atoms with van der Waals surface area (Å²) < 4.78 is 27.1. The highest BCUT2D eigenvalue weighted by atomic mass is 32.2. The van der Waals surface area contributed by atoms with Crippen molar-refractivity contribution in [1.29, 1.82) is 5.26 Å². The number of benzene rings is 2. The minimum atomic E-state index is -3.54. The Labute approximate surface area is 144 Å². The zero-order valence-corrected chi connectivity index (χ0v) is 14.1. The lowest BCUT2D eigenvalue weighted by Gasteiger charge is -2.09. The summed E-state index contributed by atoms with van der Waals surface area (Å²) in [6.45, 7) is 0. The second-order valence-corrected chi connectivity index (χ2v) is 7.79. The van der Waals surface area contributed by atoms with Gasteiger partial charge in [0.2, 0.25) is 0 Å². The lowest BCUT2D eigenvalue weighted by Crippen LogP contribution is -2.11. The van der Waals surface area contributed by atoms with Crippen LogP contribution in [0.3, 0.4) is 0 Å². The minimum absolute atomic E-state index is 0.276. The van der Waals surface area contributed by atoms with Gasteiger partial charge in [0.05, 0.1) is 11.6 Å². The molecule has 2 aromatic carbocycles. The highest BCUT2D eigenvalue weighted by Crippen LogP contribution is 2.23. The van der Waals surface area contributed by atoms with Crippen molar-refractivity contribution in [3.8, 4) is 6.07 Å². The normalized spacial score (nSPS) is 10.8. The fraction of sp³-hybridized carbons (Fsp3) is 0. The van der Waals surface area contributed by atoms with Crippen molar-refractivity contribution in [1.82, 2.24) is 0 Å². The Hall–Kier alpha value is -2.82. The summed E-state index contributed by atoms with van der Waals surface area (Å²) in [7, 11) is -3.54. The van der Waals surface area contributed by atoms with Crippen LogP contribution in [0.2, 0.25) is 0 Å². The van der Waals surface area contributed by atoms with Gasteiger partial charge in [-0.1, -0.05) is 12.1 Å². The van der Waals surface area contributed by atoms with Gasteiger partial charge in [0.1, 0.15) is 4.21 Å². The Balaban J connectivity index is 1.73. The molecule has 7 heteroatoms. The van der Waals surface area contributed by atoms with Crippen LogP contribution in [0.4, 0.5) is 17.1 Å². The second kappa shape index (κ2) is 6.74. The van der Waals surface area contributed by atoms with E-state index in [1.165, 1.54) is 11.3 Å². The number of sulfonamides is 1. The van der Waals surface area contributed by atoms with Crippen molar-refractivity contribution < 1.29 is 8.42 Å². The number of nitrogens with zero attached hydrogens (tertiary/aromatic N) is 1. The average molecular weight is 355 g/mol. The molecule has 3 aromatic rings. The summed E-state index contributed by atoms with van der Waals surface area (Å²) in [6.07, 6.45) is 0. The lowest BCUT2D eigenvalue weighted by atomic mass is 10.2. The number of hydrogen-bond donors (Lipinski definition) is 2. The fourth-order valence-electron chi connectivity index (χ4n) is 2.08. The molecular formula is C17H13N3O2S2. The van der Waals surface area contributed by atoms with E-state index in [1.807, 2.05) is 6.07 Å². The molecule has 0 unspecified atom stereocenters. The van der Waals surface area contributed by atoms with E-state index in [9.17, 15) is 8.42 Å². The van der Waals surface area contributed by atoms with E-state index in [1.54, 1.807) is 60.0 Å². The van der Waals surface area contributed by atoms with E-state index in [2.05, 4.69) is 16.1 Å². The molecular weight excluding hydrogens is 342 g/mol. The van der Waals surface area contributed by atoms with E-state index in [0.29, 0.717) is 11.3 Å². The van der Waals surface area contributed by atoms with Crippen LogP contribution in [0.25, 0.3) is 0 Å². The van der Waals surface area contributed by atoms with Crippen molar-refractivity contribution in [3.63, 3.8) is 0 Å². The number of anilines is 3. The first-order valence-corrected chi connectivity index (χ1v) is 9.37. The van der Waals surface area contributed by atoms with E-state index < -0.39 is 10.0 Å². The standard InChI is InChI=1S/C17H13N3O2S2/c18-12-13-3-1-4-16(11-13)19-14-6-8-15(9-7-14)20-24(21,22)17-5-2-10-23-17/h1-11,19-20H. The first kappa shape index (κ1) is 16.1. The molecule has 0 saturated carbocycles. The lowest BCUT2D eigenvalue weighted by molar-refractivity contribution is 0.603. The van der Waals surface area contributed by atoms with E-state index >= 15 is 0 Å². The van der Waals surface area contributed by atoms with Gasteiger partial charge < -0.3 is 5.32 Å². The smallest absolute Gasteiger partial charge is 0.271 e. The Morgan fingerprint density at radius 3 is 2.33 bits per heavy atom. The zero-order valence-electron chi connectivity index (χ0n) is 12.4. The molecule has 0 aliphatic heterocycles. The SMILES string of the molecule is N#Cc1cccc(Nc2ccc(NS(=O)(=O)c3cccs3)cc2)c1. The quantitative estimate of drug-likeness (QED) is 0.720. The summed E-state index contributed by atoms with van der Waals surface area (Å²) in [5.41, 5.74) is 2.64. The third-order valence-electron chi connectivity index (χ3n) is 3.18. The molecule has 5 nitrogen and oxygen atoms in total. The maximum absolute atomic E-state index is 12.2. The fourth-order valence-corrected chi connectivity index (χ4v) is 4.13. The Kier molecular flexibility index (Phi) is 4.51. The summed E-state index contributed by atoms with van der Waals surface area (Å²) >= 11 is 1.17. The van der Waals surface area contributed by atoms with Gasteiger partial charge in [-0.2, -0.15) is 5.26 Å². The molecule has 0 bridgehead atoms. The maximum atomic E-state index is 12.2. The molecule has 120 valence electrons. The second-order valence-electron chi connectivity index (χ2n) is 4.93. The minimum Gasteiger partial charge on any atom is -0.355 e. The molecule has 0 radical (unpaired) electrons. The molecule has 2 N–H and O–H groups in total. The van der Waals surface area contributed by atoms with E-state index in [-0.39, 0.29) is 4.21 Å². The summed E-state index contributed by atoms with van der Waals surface area (Å²) in [6, 6.07) is 19.4. The van der Waals surface area contributed by atoms with Gasteiger partial charge in [-0.15, -0.1) is 11.3 Å². The number of nitrogens with one attached hydrogen (secondary N) is 2. The maximum Gasteiger partial charge on any atom is 0.271 e. The van der Waals surface area contributed by atoms with Crippen LogP contribution in [-0.2, 0) is 10.0 Å². The highest BCUT2D eigenvalue weighted by Gasteiger charge is 2.14. The Bertz CT molecular complexity index is 973. The van der Waals surface area contributed by atoms with Gasteiger partial charge in [-0.25, -0.2) is 8.42 Å². The van der Waals surface area contributed by atoms with Crippen molar-refractivity contribution in [2.24, 2.45) is 0 Å². The highest BCUT2D eigenvalue weighted by molar-refractivity contribution is 7.94. The molecule has 1 aromatic heterocycles. The van der Waals surface area contributed by atoms with Crippen LogP contribution >= 0.6 is 11.3 Å². The monoisotopic (exact) mass is 355 g/mol. The molecule has 0 aliphatic carbocycles. The largest absolute Gasteiger partial charge is 0.355 e. The van der Waals surface area contributed by atoms with Crippen LogP contribution in [0.5, 0.6) is 0 Å². The van der Waals surface area contributed by atoms with Gasteiger partial charge in [0.15, 0.2) is 0 Å². The third-order valence-corrected chi connectivity index (χ3v) is 5.96. The Morgan fingerprint density at radius 2 is 1.67 bits per heavy atom. The summed E-state index contributed by atoms with van der Waals surface area (Å²) in [5.74, 6) is 0. The van der Waals surface area contributed by atoms with Gasteiger partial charge >= 0.3 is 0 Å². The van der Waals surface area contributed by atoms with Crippen LogP contribution in [0.15, 0.2) is 70.3 Å². The molecule has 0 aliphatic rings. The first-order valence-electron chi connectivity index (χ1n) is 7.00. The predicted molar refractivity (Wildman–Crippen MR) is 96.0 cm³/mol. The molecule has 0 amide bonds. The number of nitriles is 1. The molecule has 3 rings (SSSR count). The van der Waals surface area contributed by atoms with Gasteiger partial charge in [-0.05, 0) is 53.9 Å². The summed E-state index contributed by atoms with van der Waals surface area (Å²) in [4.78, 5) is 0. The number of rotatable bonds is 5. The molecule has 0 fully saturated rings. The molecule has 1 heterocycles. The van der Waals surface area contributed by atoms with Crippen LogP contribution in [0.1, 0.15) is 5.56 Å². The zero-order chi connectivity index (χ0) is 17.0. The molecule has 24 heavy (non-hydrogen) atoms. The predicted octanol–water partition coefficient (Wildman–Crippen LogP) is 4.16. The van der Waals surface area contributed by atoms with Crippen LogP contribution in [-0.4, -0.2) is 8.42 Å². The Morgan fingerprint density at radius 1 is 0.917 bits per heavy atom. The van der Waals surface area contributed by atoms with E-state index in [0.717, 1.165) is 11.4 Å². The summed E-state index contributed by atoms with van der Waals surface area (Å²) in [5, 5.41) is 13.8. The molecule has 0 spiro atoms. The van der Waals surface area contributed by atoms with Crippen molar-refractivity contribution in [3.05, 3.63) is 71.6 Å². The van der Waals surface area contributed by atoms with E-state index in [4.69, 9.17) is 5.26 Å². The first-order chi connectivity index (χ1) is 11.6. The van der Waals surface area contributed by atoms with Crippen molar-refractivity contribution in [2.75, 3.05) is 10.0 Å².